The summed E-state index contributed by atoms with van der Waals surface area (Å²) in [6, 6.07) is 0. The van der Waals surface area contributed by atoms with E-state index in [0.29, 0.717) is 0 Å². The second-order valence-electron chi connectivity index (χ2n) is 4.73. The summed E-state index contributed by atoms with van der Waals surface area (Å²) in [6.07, 6.45) is 2.59. The number of ether oxygens (including phenoxy) is 1. The highest BCUT2D eigenvalue weighted by atomic mass is 16.5. The first-order valence-electron chi connectivity index (χ1n) is 7.01. The van der Waals surface area contributed by atoms with E-state index in [-0.39, 0.29) is 0 Å². The van der Waals surface area contributed by atoms with Crippen LogP contribution in [-0.2, 0) is 4.74 Å². The molecule has 0 unspecified atom stereocenters. The first kappa shape index (κ1) is 14.9. The minimum atomic E-state index is 0.818. The molecule has 0 aliphatic carbocycles. The van der Waals surface area contributed by atoms with Gasteiger partial charge in [-0.1, -0.05) is 6.92 Å². The van der Waals surface area contributed by atoms with E-state index in [1.165, 1.54) is 52.1 Å². The first-order chi connectivity index (χ1) is 8.36. The van der Waals surface area contributed by atoms with Crippen LogP contribution in [0.2, 0.25) is 0 Å². The lowest BCUT2D eigenvalue weighted by Crippen LogP contribution is -2.46. The number of hydrogen-bond acceptors (Lipinski definition) is 4. The normalized spacial score (nSPS) is 18.7. The molecule has 0 atom stereocenters. The van der Waals surface area contributed by atoms with E-state index in [9.17, 15) is 0 Å². The second kappa shape index (κ2) is 9.83. The van der Waals surface area contributed by atoms with Gasteiger partial charge in [-0.15, -0.1) is 0 Å². The Morgan fingerprint density at radius 3 is 2.35 bits per heavy atom. The van der Waals surface area contributed by atoms with Crippen molar-refractivity contribution >= 4 is 0 Å². The van der Waals surface area contributed by atoms with Gasteiger partial charge in [0.2, 0.25) is 0 Å². The Kier molecular flexibility index (Phi) is 8.61. The van der Waals surface area contributed by atoms with E-state index in [1.807, 2.05) is 0 Å². The van der Waals surface area contributed by atoms with Crippen LogP contribution in [0.1, 0.15) is 19.8 Å². The van der Waals surface area contributed by atoms with Crippen molar-refractivity contribution in [2.75, 3.05) is 66.1 Å². The lowest BCUT2D eigenvalue weighted by molar-refractivity contribution is 0.135. The van der Waals surface area contributed by atoms with Crippen LogP contribution in [0.25, 0.3) is 0 Å². The first-order valence-corrected chi connectivity index (χ1v) is 7.01. The van der Waals surface area contributed by atoms with Gasteiger partial charge in [0.25, 0.3) is 0 Å². The van der Waals surface area contributed by atoms with Crippen LogP contribution in [0.5, 0.6) is 0 Å². The summed E-state index contributed by atoms with van der Waals surface area (Å²) in [4.78, 5) is 5.13. The molecule has 0 bridgehead atoms. The smallest absolute Gasteiger partial charge is 0.0587 e. The zero-order chi connectivity index (χ0) is 12.3. The van der Waals surface area contributed by atoms with Crippen LogP contribution >= 0.6 is 0 Å². The van der Waals surface area contributed by atoms with Crippen LogP contribution in [0.4, 0.5) is 0 Å². The Balaban J connectivity index is 1.87. The van der Waals surface area contributed by atoms with Crippen LogP contribution in [0, 0.1) is 0 Å². The molecule has 1 aliphatic heterocycles. The Morgan fingerprint density at radius 2 is 1.71 bits per heavy atom. The van der Waals surface area contributed by atoms with Crippen molar-refractivity contribution in [3.8, 4) is 0 Å². The fourth-order valence-corrected chi connectivity index (χ4v) is 2.21. The molecule has 1 saturated heterocycles. The van der Waals surface area contributed by atoms with Crippen LogP contribution in [0.15, 0.2) is 0 Å². The molecule has 1 heterocycles. The third kappa shape index (κ3) is 6.99. The largest absolute Gasteiger partial charge is 0.383 e. The molecule has 0 saturated carbocycles. The lowest BCUT2D eigenvalue weighted by atomic mass is 10.2. The number of hydrogen-bond donors (Lipinski definition) is 1. The summed E-state index contributed by atoms with van der Waals surface area (Å²) in [6.45, 7) is 12.7. The van der Waals surface area contributed by atoms with Crippen molar-refractivity contribution in [3.63, 3.8) is 0 Å². The molecule has 0 radical (unpaired) electrons. The number of nitrogens with zero attached hydrogens (tertiary/aromatic N) is 2. The predicted molar refractivity (Wildman–Crippen MR) is 72.5 cm³/mol. The molecule has 0 aromatic rings. The van der Waals surface area contributed by atoms with Crippen LogP contribution in [0.3, 0.4) is 0 Å². The van der Waals surface area contributed by atoms with Gasteiger partial charge in [-0.05, 0) is 32.5 Å². The summed E-state index contributed by atoms with van der Waals surface area (Å²) in [7, 11) is 1.75. The summed E-state index contributed by atoms with van der Waals surface area (Å²) in [5.74, 6) is 0. The van der Waals surface area contributed by atoms with Crippen molar-refractivity contribution in [1.29, 1.82) is 0 Å². The number of unbranched alkanes of at least 4 members (excludes halogenated alkanes) is 1. The van der Waals surface area contributed by atoms with Crippen molar-refractivity contribution in [1.82, 2.24) is 15.1 Å². The molecule has 1 rings (SSSR count). The van der Waals surface area contributed by atoms with Crippen LogP contribution in [-0.4, -0.2) is 75.9 Å². The van der Waals surface area contributed by atoms with Crippen molar-refractivity contribution in [3.05, 3.63) is 0 Å². The SMILES string of the molecule is CCN1CCN(CCCCNCCOC)CC1. The third-order valence-corrected chi connectivity index (χ3v) is 3.47. The summed E-state index contributed by atoms with van der Waals surface area (Å²) in [5.41, 5.74) is 0. The Morgan fingerprint density at radius 1 is 1.00 bits per heavy atom. The van der Waals surface area contributed by atoms with Gasteiger partial charge in [-0.25, -0.2) is 0 Å². The fourth-order valence-electron chi connectivity index (χ4n) is 2.21. The van der Waals surface area contributed by atoms with E-state index in [1.54, 1.807) is 7.11 Å². The van der Waals surface area contributed by atoms with Gasteiger partial charge in [0.15, 0.2) is 0 Å². The monoisotopic (exact) mass is 243 g/mol. The molecule has 1 N–H and O–H groups in total. The highest BCUT2D eigenvalue weighted by molar-refractivity contribution is 4.70. The molecular weight excluding hydrogens is 214 g/mol. The average molecular weight is 243 g/mol. The standard InChI is InChI=1S/C13H29N3O/c1-3-15-9-11-16(12-10-15)8-5-4-6-14-7-13-17-2/h14H,3-13H2,1-2H3. The molecule has 0 aromatic heterocycles. The molecule has 0 spiro atoms. The van der Waals surface area contributed by atoms with E-state index in [0.717, 1.165) is 19.7 Å². The number of nitrogens with one attached hydrogen (secondary N) is 1. The average Bonchev–Trinajstić information content (AvgIpc) is 2.38. The van der Waals surface area contributed by atoms with E-state index in [4.69, 9.17) is 4.74 Å². The Bertz CT molecular complexity index is 170. The van der Waals surface area contributed by atoms with Gasteiger partial charge < -0.3 is 19.9 Å². The quantitative estimate of drug-likeness (QED) is 0.602. The van der Waals surface area contributed by atoms with E-state index < -0.39 is 0 Å². The molecule has 102 valence electrons. The molecule has 0 amide bonds. The molecule has 17 heavy (non-hydrogen) atoms. The van der Waals surface area contributed by atoms with Gasteiger partial charge >= 0.3 is 0 Å². The zero-order valence-corrected chi connectivity index (χ0v) is 11.6. The van der Waals surface area contributed by atoms with E-state index >= 15 is 0 Å². The Hall–Kier alpha value is -0.160. The van der Waals surface area contributed by atoms with Crippen molar-refractivity contribution in [2.24, 2.45) is 0 Å². The van der Waals surface area contributed by atoms with Crippen molar-refractivity contribution in [2.45, 2.75) is 19.8 Å². The molecule has 1 aliphatic rings. The molecule has 0 aromatic carbocycles. The number of methoxy groups -OCH3 is 1. The predicted octanol–water partition coefficient (Wildman–Crippen LogP) is 0.640. The molecule has 4 nitrogen and oxygen atoms in total. The summed E-state index contributed by atoms with van der Waals surface area (Å²) in [5, 5.41) is 3.39. The van der Waals surface area contributed by atoms with Gasteiger partial charge in [0, 0.05) is 39.8 Å². The molecule has 4 heteroatoms. The second-order valence-corrected chi connectivity index (χ2v) is 4.73. The number of piperazine rings is 1. The third-order valence-electron chi connectivity index (χ3n) is 3.47. The van der Waals surface area contributed by atoms with Gasteiger partial charge in [-0.3, -0.25) is 0 Å². The van der Waals surface area contributed by atoms with E-state index in [2.05, 4.69) is 22.0 Å². The maximum absolute atomic E-state index is 4.99. The fraction of sp³-hybridized carbons (Fsp3) is 1.00. The van der Waals surface area contributed by atoms with Gasteiger partial charge in [0.1, 0.15) is 0 Å². The summed E-state index contributed by atoms with van der Waals surface area (Å²) < 4.78 is 4.99. The highest BCUT2D eigenvalue weighted by Crippen LogP contribution is 2.02. The van der Waals surface area contributed by atoms with Crippen LogP contribution < -0.4 is 5.32 Å². The van der Waals surface area contributed by atoms with Gasteiger partial charge in [0.05, 0.1) is 6.61 Å². The topological polar surface area (TPSA) is 27.7 Å². The minimum Gasteiger partial charge on any atom is -0.383 e. The summed E-state index contributed by atoms with van der Waals surface area (Å²) >= 11 is 0. The zero-order valence-electron chi connectivity index (χ0n) is 11.6. The number of rotatable bonds is 9. The maximum atomic E-state index is 4.99. The minimum absolute atomic E-state index is 0.818. The van der Waals surface area contributed by atoms with Gasteiger partial charge in [-0.2, -0.15) is 0 Å². The molecular formula is C13H29N3O. The Labute approximate surface area is 106 Å². The lowest BCUT2D eigenvalue weighted by Gasteiger charge is -2.33. The highest BCUT2D eigenvalue weighted by Gasteiger charge is 2.14. The number of likely N-dealkylation sites (N-methyl/N-ethyl adjacent to an activating group) is 1. The van der Waals surface area contributed by atoms with Crippen molar-refractivity contribution < 1.29 is 4.74 Å². The molecule has 1 fully saturated rings. The maximum Gasteiger partial charge on any atom is 0.0587 e.